The summed E-state index contributed by atoms with van der Waals surface area (Å²) in [7, 11) is 0. The largest absolute Gasteiger partial charge is 0.480 e. The zero-order valence-corrected chi connectivity index (χ0v) is 13.0. The monoisotopic (exact) mass is 373 g/mol. The number of hydrogen-bond donors (Lipinski definition) is 2. The van der Waals surface area contributed by atoms with E-state index in [2.05, 4.69) is 0 Å². The second-order valence-electron chi connectivity index (χ2n) is 5.35. The number of hydrogen-bond acceptors (Lipinski definition) is 2. The van der Waals surface area contributed by atoms with E-state index in [0.717, 1.165) is 24.3 Å². The number of benzene rings is 2. The Morgan fingerprint density at radius 1 is 1.04 bits per heavy atom. The molecule has 0 spiro atoms. The van der Waals surface area contributed by atoms with Crippen molar-refractivity contribution in [2.75, 3.05) is 0 Å². The Hall–Kier alpha value is -2.97. The fraction of sp³-hybridized carbons (Fsp3) is 0.176. The lowest BCUT2D eigenvalue weighted by Gasteiger charge is -2.18. The lowest BCUT2D eigenvalue weighted by atomic mass is 9.99. The first kappa shape index (κ1) is 19.4. The van der Waals surface area contributed by atoms with E-state index in [-0.39, 0.29) is 11.1 Å². The molecule has 0 heterocycles. The molecule has 0 aromatic heterocycles. The Kier molecular flexibility index (Phi) is 5.59. The number of carboxylic acids is 1. The molecule has 1 amide bonds. The Morgan fingerprint density at radius 2 is 1.69 bits per heavy atom. The van der Waals surface area contributed by atoms with E-state index < -0.39 is 47.7 Å². The van der Waals surface area contributed by atoms with Gasteiger partial charge in [0.25, 0.3) is 5.91 Å². The average Bonchev–Trinajstić information content (AvgIpc) is 2.56. The van der Waals surface area contributed by atoms with E-state index in [9.17, 15) is 36.6 Å². The smallest absolute Gasteiger partial charge is 0.416 e. The maximum Gasteiger partial charge on any atom is 0.416 e. The maximum atomic E-state index is 13.2. The van der Waals surface area contributed by atoms with Crippen LogP contribution in [0.3, 0.4) is 0 Å². The topological polar surface area (TPSA) is 66.4 Å². The van der Waals surface area contributed by atoms with Gasteiger partial charge >= 0.3 is 12.1 Å². The van der Waals surface area contributed by atoms with Crippen molar-refractivity contribution in [1.82, 2.24) is 5.32 Å². The highest BCUT2D eigenvalue weighted by atomic mass is 19.4. The number of carboxylic acid groups (broad SMARTS) is 1. The quantitative estimate of drug-likeness (QED) is 0.790. The van der Waals surface area contributed by atoms with Gasteiger partial charge in [-0.1, -0.05) is 18.2 Å². The summed E-state index contributed by atoms with van der Waals surface area (Å²) in [5, 5.41) is 11.2. The van der Waals surface area contributed by atoms with Crippen LogP contribution in [0.1, 0.15) is 21.5 Å². The molecule has 0 bridgehead atoms. The van der Waals surface area contributed by atoms with Crippen LogP contribution in [0.5, 0.6) is 0 Å². The fourth-order valence-electron chi connectivity index (χ4n) is 2.27. The molecule has 2 N–H and O–H groups in total. The van der Waals surface area contributed by atoms with Gasteiger partial charge in [-0.2, -0.15) is 13.2 Å². The van der Waals surface area contributed by atoms with Crippen molar-refractivity contribution in [3.63, 3.8) is 0 Å². The Balaban J connectivity index is 2.24. The van der Waals surface area contributed by atoms with E-state index >= 15 is 0 Å². The molecule has 0 saturated heterocycles. The molecule has 0 saturated carbocycles. The first-order valence-electron chi connectivity index (χ1n) is 7.23. The number of carbonyl (C=O) groups is 2. The third kappa shape index (κ3) is 4.56. The van der Waals surface area contributed by atoms with Crippen LogP contribution in [0, 0.1) is 11.6 Å². The Bertz CT molecular complexity index is 835. The predicted molar refractivity (Wildman–Crippen MR) is 80.4 cm³/mol. The molecule has 4 nitrogen and oxygen atoms in total. The lowest BCUT2D eigenvalue weighted by Crippen LogP contribution is -2.42. The summed E-state index contributed by atoms with van der Waals surface area (Å²) >= 11 is 0. The molecule has 138 valence electrons. The van der Waals surface area contributed by atoms with Gasteiger partial charge in [0, 0.05) is 12.0 Å². The van der Waals surface area contributed by atoms with E-state index in [0.29, 0.717) is 12.1 Å². The van der Waals surface area contributed by atoms with Gasteiger partial charge in [0.2, 0.25) is 0 Å². The first-order chi connectivity index (χ1) is 12.1. The van der Waals surface area contributed by atoms with Crippen LogP contribution >= 0.6 is 0 Å². The number of amides is 1. The second-order valence-corrected chi connectivity index (χ2v) is 5.35. The number of halogens is 5. The maximum absolute atomic E-state index is 13.2. The van der Waals surface area contributed by atoms with Gasteiger partial charge in [-0.3, -0.25) is 4.79 Å². The van der Waals surface area contributed by atoms with Crippen molar-refractivity contribution in [2.45, 2.75) is 18.6 Å². The minimum absolute atomic E-state index is 0.321. The van der Waals surface area contributed by atoms with Crippen molar-refractivity contribution in [3.8, 4) is 0 Å². The highest BCUT2D eigenvalue weighted by Crippen LogP contribution is 2.32. The van der Waals surface area contributed by atoms with Crippen molar-refractivity contribution in [2.24, 2.45) is 0 Å². The average molecular weight is 373 g/mol. The summed E-state index contributed by atoms with van der Waals surface area (Å²) in [6.45, 7) is 0. The van der Waals surface area contributed by atoms with Crippen LogP contribution in [-0.2, 0) is 17.4 Å². The highest BCUT2D eigenvalue weighted by molar-refractivity contribution is 5.96. The number of alkyl halides is 3. The zero-order chi connectivity index (χ0) is 19.5. The van der Waals surface area contributed by atoms with Gasteiger partial charge in [-0.25, -0.2) is 13.6 Å². The van der Waals surface area contributed by atoms with Crippen molar-refractivity contribution in [3.05, 3.63) is 70.8 Å². The Labute approximate surface area is 144 Å². The molecule has 0 aliphatic heterocycles. The number of aliphatic carboxylic acids is 1. The third-order valence-corrected chi connectivity index (χ3v) is 3.53. The molecule has 0 aliphatic carbocycles. The van der Waals surface area contributed by atoms with Crippen molar-refractivity contribution < 1.29 is 36.6 Å². The van der Waals surface area contributed by atoms with E-state index in [4.69, 9.17) is 0 Å². The molecule has 0 aliphatic rings. The lowest BCUT2D eigenvalue weighted by molar-refractivity contribution is -0.141. The van der Waals surface area contributed by atoms with Crippen LogP contribution in [-0.4, -0.2) is 23.0 Å². The zero-order valence-electron chi connectivity index (χ0n) is 13.0. The van der Waals surface area contributed by atoms with E-state index in [1.807, 2.05) is 5.32 Å². The summed E-state index contributed by atoms with van der Waals surface area (Å²) < 4.78 is 65.1. The first-order valence-corrected chi connectivity index (χ1v) is 7.23. The molecule has 2 rings (SSSR count). The molecule has 0 fully saturated rings. The van der Waals surface area contributed by atoms with Crippen LogP contribution in [0.15, 0.2) is 42.5 Å². The predicted octanol–water partition coefficient (Wildman–Crippen LogP) is 3.41. The molecule has 2 aromatic carbocycles. The van der Waals surface area contributed by atoms with E-state index in [1.54, 1.807) is 0 Å². The third-order valence-electron chi connectivity index (χ3n) is 3.53. The van der Waals surface area contributed by atoms with Crippen LogP contribution in [0.4, 0.5) is 22.0 Å². The van der Waals surface area contributed by atoms with Gasteiger partial charge in [0.1, 0.15) is 6.04 Å². The van der Waals surface area contributed by atoms with Gasteiger partial charge < -0.3 is 10.4 Å². The summed E-state index contributed by atoms with van der Waals surface area (Å²) in [6, 6.07) is 4.83. The van der Waals surface area contributed by atoms with Crippen LogP contribution in [0.2, 0.25) is 0 Å². The standard InChI is InChI=1S/C17H12F5NO3/c18-12-6-5-10(7-13(12)19)15(24)23-14(16(25)26)8-9-3-1-2-4-11(9)17(20,21)22/h1-7,14H,8H2,(H,23,24)(H,25,26)/t14-/m1/s1. The van der Waals surface area contributed by atoms with E-state index in [1.165, 1.54) is 6.07 Å². The molecule has 26 heavy (non-hydrogen) atoms. The van der Waals surface area contributed by atoms with Gasteiger partial charge in [0.15, 0.2) is 11.6 Å². The molecule has 9 heteroatoms. The minimum Gasteiger partial charge on any atom is -0.480 e. The van der Waals surface area contributed by atoms with Crippen molar-refractivity contribution in [1.29, 1.82) is 0 Å². The van der Waals surface area contributed by atoms with Crippen LogP contribution in [0.25, 0.3) is 0 Å². The summed E-state index contributed by atoms with van der Waals surface area (Å²) in [5.41, 5.74) is -1.70. The summed E-state index contributed by atoms with van der Waals surface area (Å²) in [5.74, 6) is -5.14. The molecule has 2 aromatic rings. The minimum atomic E-state index is -4.69. The summed E-state index contributed by atoms with van der Waals surface area (Å²) in [4.78, 5) is 23.3. The van der Waals surface area contributed by atoms with Crippen molar-refractivity contribution >= 4 is 11.9 Å². The van der Waals surface area contributed by atoms with Gasteiger partial charge in [-0.15, -0.1) is 0 Å². The highest BCUT2D eigenvalue weighted by Gasteiger charge is 2.34. The molecular formula is C17H12F5NO3. The number of carbonyl (C=O) groups excluding carboxylic acids is 1. The van der Waals surface area contributed by atoms with Gasteiger partial charge in [0.05, 0.1) is 5.56 Å². The Morgan fingerprint density at radius 3 is 2.27 bits per heavy atom. The fourth-order valence-corrected chi connectivity index (χ4v) is 2.27. The molecule has 0 unspecified atom stereocenters. The number of rotatable bonds is 5. The normalized spacial score (nSPS) is 12.5. The second kappa shape index (κ2) is 7.51. The molecular weight excluding hydrogens is 361 g/mol. The molecule has 1 atom stereocenters. The van der Waals surface area contributed by atoms with Crippen LogP contribution < -0.4 is 5.32 Å². The SMILES string of the molecule is O=C(N[C@H](Cc1ccccc1C(F)(F)F)C(=O)O)c1ccc(F)c(F)c1. The number of nitrogens with one attached hydrogen (secondary N) is 1. The molecule has 0 radical (unpaired) electrons. The summed E-state index contributed by atoms with van der Waals surface area (Å²) in [6.07, 6.45) is -5.33. The van der Waals surface area contributed by atoms with Gasteiger partial charge in [-0.05, 0) is 29.8 Å².